The molecule has 2 heterocycles. The summed E-state index contributed by atoms with van der Waals surface area (Å²) in [6.07, 6.45) is 0. The van der Waals surface area contributed by atoms with Gasteiger partial charge in [-0.25, -0.2) is 0 Å². The second-order valence-electron chi connectivity index (χ2n) is 6.79. The lowest BCUT2D eigenvalue weighted by molar-refractivity contribution is 0.481. The van der Waals surface area contributed by atoms with Gasteiger partial charge in [-0.1, -0.05) is 54.6 Å². The molecule has 0 bridgehead atoms. The Hall–Kier alpha value is -3.72. The van der Waals surface area contributed by atoms with Gasteiger partial charge in [0.25, 0.3) is 0 Å². The maximum absolute atomic E-state index is 9.70. The monoisotopic (exact) mass is 366 g/mol. The van der Waals surface area contributed by atoms with Crippen LogP contribution < -0.4 is 0 Å². The molecule has 3 nitrogen and oxygen atoms in total. The Bertz CT molecular complexity index is 1320. The van der Waals surface area contributed by atoms with Crippen molar-refractivity contribution in [2.24, 2.45) is 0 Å². The summed E-state index contributed by atoms with van der Waals surface area (Å²) in [4.78, 5) is 0. The summed E-state index contributed by atoms with van der Waals surface area (Å²) < 4.78 is 11.3. The van der Waals surface area contributed by atoms with E-state index >= 15 is 0 Å². The molecule has 4 aromatic carbocycles. The second kappa shape index (κ2) is 6.46. The van der Waals surface area contributed by atoms with Gasteiger partial charge in [0, 0.05) is 16.2 Å². The van der Waals surface area contributed by atoms with Gasteiger partial charge in [-0.3, -0.25) is 0 Å². The van der Waals surface area contributed by atoms with E-state index in [1.54, 1.807) is 12.1 Å². The molecule has 0 saturated heterocycles. The van der Waals surface area contributed by atoms with Crippen molar-refractivity contribution < 1.29 is 13.9 Å². The van der Waals surface area contributed by atoms with E-state index in [1.807, 2.05) is 60.7 Å². The van der Waals surface area contributed by atoms with Crippen molar-refractivity contribution >= 4 is 43.9 Å². The zero-order valence-electron chi connectivity index (χ0n) is 15.3. The number of para-hydroxylation sites is 2. The molecule has 0 amide bonds. The van der Waals surface area contributed by atoms with Gasteiger partial charge in [-0.15, -0.1) is 0 Å². The van der Waals surface area contributed by atoms with Crippen LogP contribution in [0.25, 0.3) is 43.9 Å². The quantitative estimate of drug-likeness (QED) is 0.309. The number of aryl methyl sites for hydroxylation is 1. The first-order valence-corrected chi connectivity index (χ1v) is 9.18. The molecule has 0 spiro atoms. The lowest BCUT2D eigenvalue weighted by Gasteiger charge is -1.93. The van der Waals surface area contributed by atoms with Gasteiger partial charge in [0.2, 0.25) is 0 Å². The second-order valence-corrected chi connectivity index (χ2v) is 6.79. The summed E-state index contributed by atoms with van der Waals surface area (Å²) in [5.74, 6) is 0.271. The largest absolute Gasteiger partial charge is 0.507 e. The molecule has 0 aliphatic carbocycles. The van der Waals surface area contributed by atoms with Gasteiger partial charge in [-0.2, -0.15) is 0 Å². The average molecular weight is 366 g/mol. The van der Waals surface area contributed by atoms with E-state index in [0.717, 1.165) is 33.1 Å². The van der Waals surface area contributed by atoms with Crippen LogP contribution in [0.5, 0.6) is 5.75 Å². The van der Waals surface area contributed by atoms with Gasteiger partial charge in [0.05, 0.1) is 5.39 Å². The molecule has 0 saturated carbocycles. The predicted molar refractivity (Wildman–Crippen MR) is 114 cm³/mol. The third kappa shape index (κ3) is 2.60. The topological polar surface area (TPSA) is 46.5 Å². The predicted octanol–water partition coefficient (Wildman–Crippen LogP) is 7.19. The Labute approximate surface area is 161 Å². The smallest absolute Gasteiger partial charge is 0.139 e. The molecular weight excluding hydrogens is 348 g/mol. The number of furan rings is 2. The van der Waals surface area contributed by atoms with Crippen LogP contribution in [0.15, 0.2) is 93.8 Å². The molecule has 2 aromatic heterocycles. The Morgan fingerprint density at radius 3 is 1.71 bits per heavy atom. The fourth-order valence-electron chi connectivity index (χ4n) is 3.71. The zero-order valence-corrected chi connectivity index (χ0v) is 15.3. The summed E-state index contributed by atoms with van der Waals surface area (Å²) in [6, 6.07) is 27.3. The van der Waals surface area contributed by atoms with Crippen molar-refractivity contribution in [1.82, 2.24) is 0 Å². The summed E-state index contributed by atoms with van der Waals surface area (Å²) in [5.41, 5.74) is 4.76. The van der Waals surface area contributed by atoms with E-state index in [9.17, 15) is 5.11 Å². The lowest BCUT2D eigenvalue weighted by atomic mass is 10.1. The van der Waals surface area contributed by atoms with Gasteiger partial charge >= 0.3 is 0 Å². The normalized spacial score (nSPS) is 11.2. The van der Waals surface area contributed by atoms with Gasteiger partial charge in [-0.05, 0) is 42.8 Å². The standard InChI is InChI=1S/C13H10O.C12H8O2/c1-9-5-4-8-12-13(9)10-6-2-3-7-11(10)14-12;13-9-5-3-7-11-12(9)8-4-1-2-6-10(8)14-11/h2-8H,1H3;1-7,13H. The van der Waals surface area contributed by atoms with E-state index in [1.165, 1.54) is 16.3 Å². The number of hydrogen-bond acceptors (Lipinski definition) is 3. The molecule has 28 heavy (non-hydrogen) atoms. The summed E-state index contributed by atoms with van der Waals surface area (Å²) in [7, 11) is 0. The van der Waals surface area contributed by atoms with Gasteiger partial charge < -0.3 is 13.9 Å². The molecule has 136 valence electrons. The van der Waals surface area contributed by atoms with Crippen LogP contribution in [-0.4, -0.2) is 5.11 Å². The van der Waals surface area contributed by atoms with Crippen LogP contribution in [0.1, 0.15) is 5.56 Å². The SMILES string of the molecule is Cc1cccc2oc3ccccc3c12.Oc1cccc2oc3ccccc3c12. The van der Waals surface area contributed by atoms with Crippen molar-refractivity contribution in [3.63, 3.8) is 0 Å². The first kappa shape index (κ1) is 16.5. The molecular formula is C25H18O3. The Balaban J connectivity index is 0.000000122. The lowest BCUT2D eigenvalue weighted by Crippen LogP contribution is -1.72. The Morgan fingerprint density at radius 2 is 1.04 bits per heavy atom. The van der Waals surface area contributed by atoms with Crippen molar-refractivity contribution in [2.75, 3.05) is 0 Å². The first-order chi connectivity index (χ1) is 13.7. The number of fused-ring (bicyclic) bond motifs is 6. The molecule has 0 radical (unpaired) electrons. The van der Waals surface area contributed by atoms with Crippen LogP contribution in [0.4, 0.5) is 0 Å². The van der Waals surface area contributed by atoms with Gasteiger partial charge in [0.1, 0.15) is 28.1 Å². The van der Waals surface area contributed by atoms with Crippen molar-refractivity contribution in [3.8, 4) is 5.75 Å². The average Bonchev–Trinajstić information content (AvgIpc) is 3.28. The highest BCUT2D eigenvalue weighted by atomic mass is 16.3. The number of aromatic hydroxyl groups is 1. The van der Waals surface area contributed by atoms with Crippen LogP contribution in [0, 0.1) is 6.92 Å². The molecule has 6 aromatic rings. The molecule has 0 fully saturated rings. The molecule has 6 rings (SSSR count). The van der Waals surface area contributed by atoms with Crippen molar-refractivity contribution in [2.45, 2.75) is 6.92 Å². The number of hydrogen-bond donors (Lipinski definition) is 1. The molecule has 0 aliphatic heterocycles. The highest BCUT2D eigenvalue weighted by Gasteiger charge is 2.09. The first-order valence-electron chi connectivity index (χ1n) is 9.18. The Kier molecular flexibility index (Phi) is 3.80. The minimum atomic E-state index is 0.271. The van der Waals surface area contributed by atoms with Crippen LogP contribution >= 0.6 is 0 Å². The molecule has 0 aliphatic rings. The number of phenols is 1. The fourth-order valence-corrected chi connectivity index (χ4v) is 3.71. The van der Waals surface area contributed by atoms with Crippen LogP contribution in [-0.2, 0) is 0 Å². The third-order valence-electron chi connectivity index (χ3n) is 4.99. The van der Waals surface area contributed by atoms with Gasteiger partial charge in [0.15, 0.2) is 0 Å². The van der Waals surface area contributed by atoms with Crippen molar-refractivity contribution in [1.29, 1.82) is 0 Å². The number of phenolic OH excluding ortho intramolecular Hbond substituents is 1. The maximum Gasteiger partial charge on any atom is 0.139 e. The van der Waals surface area contributed by atoms with E-state index < -0.39 is 0 Å². The summed E-state index contributed by atoms with van der Waals surface area (Å²) in [5, 5.41) is 13.9. The molecule has 3 heteroatoms. The number of benzene rings is 4. The van der Waals surface area contributed by atoms with E-state index in [-0.39, 0.29) is 5.75 Å². The van der Waals surface area contributed by atoms with E-state index in [0.29, 0.717) is 0 Å². The highest BCUT2D eigenvalue weighted by Crippen LogP contribution is 2.34. The Morgan fingerprint density at radius 1 is 0.536 bits per heavy atom. The molecule has 1 N–H and O–H groups in total. The minimum absolute atomic E-state index is 0.271. The number of rotatable bonds is 0. The third-order valence-corrected chi connectivity index (χ3v) is 4.99. The van der Waals surface area contributed by atoms with E-state index in [2.05, 4.69) is 19.1 Å². The highest BCUT2D eigenvalue weighted by molar-refractivity contribution is 6.08. The van der Waals surface area contributed by atoms with Crippen LogP contribution in [0.3, 0.4) is 0 Å². The molecule has 0 atom stereocenters. The maximum atomic E-state index is 9.70. The fraction of sp³-hybridized carbons (Fsp3) is 0.0400. The zero-order chi connectivity index (χ0) is 19.1. The molecule has 0 unspecified atom stereocenters. The summed E-state index contributed by atoms with van der Waals surface area (Å²) in [6.45, 7) is 2.12. The van der Waals surface area contributed by atoms with Crippen molar-refractivity contribution in [3.05, 3.63) is 90.5 Å². The van der Waals surface area contributed by atoms with Crippen LogP contribution in [0.2, 0.25) is 0 Å². The summed E-state index contributed by atoms with van der Waals surface area (Å²) >= 11 is 0. The minimum Gasteiger partial charge on any atom is -0.507 e. The van der Waals surface area contributed by atoms with E-state index in [4.69, 9.17) is 8.83 Å².